The van der Waals surface area contributed by atoms with E-state index in [4.69, 9.17) is 0 Å². The number of nitrogens with zero attached hydrogens (tertiary/aromatic N) is 2. The number of aryl methyl sites for hydroxylation is 1. The van der Waals surface area contributed by atoms with Crippen LogP contribution in [0.3, 0.4) is 0 Å². The topological polar surface area (TPSA) is 86.8 Å². The molecule has 9 heteroatoms. The molecule has 1 atom stereocenters. The lowest BCUT2D eigenvalue weighted by Crippen LogP contribution is -2.53. The van der Waals surface area contributed by atoms with Crippen LogP contribution in [0.15, 0.2) is 114 Å². The molecule has 7 nitrogen and oxygen atoms in total. The molecule has 4 aromatic rings. The number of amides is 2. The van der Waals surface area contributed by atoms with Crippen LogP contribution in [0.2, 0.25) is 0 Å². The second kappa shape index (κ2) is 14.8. The zero-order chi connectivity index (χ0) is 31.7. The second-order valence-corrected chi connectivity index (χ2v) is 13.0. The molecule has 44 heavy (non-hydrogen) atoms. The third-order valence-electron chi connectivity index (χ3n) is 7.16. The molecule has 0 aliphatic carbocycles. The summed E-state index contributed by atoms with van der Waals surface area (Å²) in [5, 5.41) is 2.95. The lowest BCUT2D eigenvalue weighted by molar-refractivity contribution is -0.140. The minimum absolute atomic E-state index is 0.0436. The summed E-state index contributed by atoms with van der Waals surface area (Å²) in [6, 6.07) is 29.1. The Morgan fingerprint density at radius 2 is 1.36 bits per heavy atom. The molecule has 0 saturated carbocycles. The van der Waals surface area contributed by atoms with Crippen LogP contribution < -0.4 is 9.62 Å². The summed E-state index contributed by atoms with van der Waals surface area (Å²) in [7, 11) is -4.38. The van der Waals surface area contributed by atoms with Gasteiger partial charge in [-0.3, -0.25) is 13.9 Å². The number of rotatable bonds is 13. The highest BCUT2D eigenvalue weighted by atomic mass is 32.2. The summed E-state index contributed by atoms with van der Waals surface area (Å²) in [6.07, 6.45) is 0.202. The summed E-state index contributed by atoms with van der Waals surface area (Å²) in [5.74, 6) is -1.62. The maximum atomic E-state index is 15.2. The predicted molar refractivity (Wildman–Crippen MR) is 171 cm³/mol. The third kappa shape index (κ3) is 8.32. The van der Waals surface area contributed by atoms with Gasteiger partial charge in [0.05, 0.1) is 10.6 Å². The summed E-state index contributed by atoms with van der Waals surface area (Å²) in [5.41, 5.74) is 2.18. The van der Waals surface area contributed by atoms with Gasteiger partial charge in [0.25, 0.3) is 10.0 Å². The van der Waals surface area contributed by atoms with Crippen molar-refractivity contribution in [2.75, 3.05) is 17.4 Å². The van der Waals surface area contributed by atoms with Crippen LogP contribution in [0.25, 0.3) is 0 Å². The van der Waals surface area contributed by atoms with Gasteiger partial charge in [0.15, 0.2) is 0 Å². The Kier molecular flexibility index (Phi) is 10.9. The normalized spacial score (nSPS) is 12.0. The zero-order valence-corrected chi connectivity index (χ0v) is 26.0. The van der Waals surface area contributed by atoms with Gasteiger partial charge < -0.3 is 10.2 Å². The maximum absolute atomic E-state index is 15.2. The van der Waals surface area contributed by atoms with Crippen molar-refractivity contribution in [3.63, 3.8) is 0 Å². The van der Waals surface area contributed by atoms with Crippen LogP contribution >= 0.6 is 0 Å². The number of hydrogen-bond donors (Lipinski definition) is 1. The summed E-state index contributed by atoms with van der Waals surface area (Å²) in [4.78, 5) is 29.4. The first-order valence-electron chi connectivity index (χ1n) is 14.5. The van der Waals surface area contributed by atoms with E-state index in [0.717, 1.165) is 27.1 Å². The van der Waals surface area contributed by atoms with Crippen LogP contribution in [-0.4, -0.2) is 44.3 Å². The van der Waals surface area contributed by atoms with Crippen molar-refractivity contribution < 1.29 is 22.4 Å². The predicted octanol–water partition coefficient (Wildman–Crippen LogP) is 5.74. The van der Waals surface area contributed by atoms with Crippen molar-refractivity contribution in [1.82, 2.24) is 10.2 Å². The fourth-order valence-corrected chi connectivity index (χ4v) is 6.18. The Morgan fingerprint density at radius 3 is 1.95 bits per heavy atom. The Balaban J connectivity index is 1.79. The van der Waals surface area contributed by atoms with Gasteiger partial charge in [-0.2, -0.15) is 0 Å². The Morgan fingerprint density at radius 1 is 0.795 bits per heavy atom. The maximum Gasteiger partial charge on any atom is 0.264 e. The van der Waals surface area contributed by atoms with Crippen molar-refractivity contribution in [2.24, 2.45) is 5.92 Å². The molecule has 1 unspecified atom stereocenters. The average Bonchev–Trinajstić information content (AvgIpc) is 3.02. The molecular weight excluding hydrogens is 577 g/mol. The average molecular weight is 616 g/mol. The van der Waals surface area contributed by atoms with E-state index in [1.807, 2.05) is 81.4 Å². The molecule has 2 amide bonds. The monoisotopic (exact) mass is 615 g/mol. The number of carbonyl (C=O) groups excluding carboxylic acids is 2. The van der Waals surface area contributed by atoms with E-state index in [-0.39, 0.29) is 35.4 Å². The van der Waals surface area contributed by atoms with Gasteiger partial charge >= 0.3 is 0 Å². The molecule has 0 spiro atoms. The molecule has 4 aromatic carbocycles. The first-order valence-corrected chi connectivity index (χ1v) is 16.0. The minimum atomic E-state index is -4.38. The van der Waals surface area contributed by atoms with E-state index in [9.17, 15) is 18.0 Å². The minimum Gasteiger partial charge on any atom is -0.354 e. The van der Waals surface area contributed by atoms with Gasteiger partial charge in [-0.25, -0.2) is 12.8 Å². The van der Waals surface area contributed by atoms with Gasteiger partial charge in [0.2, 0.25) is 11.8 Å². The van der Waals surface area contributed by atoms with E-state index < -0.39 is 34.3 Å². The Bertz CT molecular complexity index is 1650. The number of halogens is 1. The van der Waals surface area contributed by atoms with Crippen LogP contribution in [0.4, 0.5) is 10.1 Å². The number of para-hydroxylation sites is 1. The first-order chi connectivity index (χ1) is 21.1. The molecule has 1 N–H and O–H groups in total. The number of benzene rings is 4. The number of anilines is 1. The molecule has 0 fully saturated rings. The number of carbonyl (C=O) groups is 2. The molecule has 0 saturated heterocycles. The highest BCUT2D eigenvalue weighted by Gasteiger charge is 2.35. The Labute approximate surface area is 259 Å². The fraction of sp³-hybridized carbons (Fsp3) is 0.257. The molecule has 0 bridgehead atoms. The van der Waals surface area contributed by atoms with Crippen molar-refractivity contribution in [3.8, 4) is 0 Å². The quantitative estimate of drug-likeness (QED) is 0.208. The van der Waals surface area contributed by atoms with Crippen LogP contribution in [0, 0.1) is 18.7 Å². The van der Waals surface area contributed by atoms with Crippen LogP contribution in [0.1, 0.15) is 30.5 Å². The lowest BCUT2D eigenvalue weighted by Gasteiger charge is -2.34. The number of hydrogen-bond acceptors (Lipinski definition) is 4. The highest BCUT2D eigenvalue weighted by Crippen LogP contribution is 2.27. The molecular formula is C35H38FN3O4S. The van der Waals surface area contributed by atoms with E-state index in [0.29, 0.717) is 6.54 Å². The SMILES string of the molecule is Cc1ccc(S(=O)(=O)N(CC(=O)N(Cc2ccccc2)C(Cc2ccccc2)C(=O)NCC(C)C)c2ccccc2F)cc1. The third-order valence-corrected chi connectivity index (χ3v) is 8.93. The molecule has 0 aliphatic rings. The van der Waals surface area contributed by atoms with Crippen LogP contribution in [-0.2, 0) is 32.6 Å². The van der Waals surface area contributed by atoms with Crippen molar-refractivity contribution in [2.45, 2.75) is 44.7 Å². The van der Waals surface area contributed by atoms with Gasteiger partial charge in [-0.1, -0.05) is 104 Å². The van der Waals surface area contributed by atoms with E-state index in [1.54, 1.807) is 12.1 Å². The molecule has 0 heterocycles. The van der Waals surface area contributed by atoms with Crippen molar-refractivity contribution in [3.05, 3.63) is 132 Å². The number of nitrogens with one attached hydrogen (secondary N) is 1. The smallest absolute Gasteiger partial charge is 0.264 e. The van der Waals surface area contributed by atoms with Gasteiger partial charge in [0.1, 0.15) is 18.4 Å². The van der Waals surface area contributed by atoms with Crippen molar-refractivity contribution >= 4 is 27.5 Å². The summed E-state index contributed by atoms with van der Waals surface area (Å²) >= 11 is 0. The van der Waals surface area contributed by atoms with E-state index in [2.05, 4.69) is 5.32 Å². The fourth-order valence-electron chi connectivity index (χ4n) is 4.76. The van der Waals surface area contributed by atoms with Gasteiger partial charge in [-0.15, -0.1) is 0 Å². The molecule has 230 valence electrons. The summed E-state index contributed by atoms with van der Waals surface area (Å²) < 4.78 is 44.0. The van der Waals surface area contributed by atoms with Gasteiger partial charge in [-0.05, 0) is 48.2 Å². The lowest BCUT2D eigenvalue weighted by atomic mass is 10.0. The molecule has 0 aromatic heterocycles. The largest absolute Gasteiger partial charge is 0.354 e. The first kappa shape index (κ1) is 32.4. The number of sulfonamides is 1. The zero-order valence-electron chi connectivity index (χ0n) is 25.2. The molecule has 0 radical (unpaired) electrons. The van der Waals surface area contributed by atoms with Gasteiger partial charge in [0, 0.05) is 19.5 Å². The summed E-state index contributed by atoms with van der Waals surface area (Å²) in [6.45, 7) is 5.51. The van der Waals surface area contributed by atoms with Crippen molar-refractivity contribution in [1.29, 1.82) is 0 Å². The Hall–Kier alpha value is -4.50. The van der Waals surface area contributed by atoms with E-state index in [1.165, 1.54) is 35.2 Å². The van der Waals surface area contributed by atoms with Crippen LogP contribution in [0.5, 0.6) is 0 Å². The standard InChI is InChI=1S/C35H38FN3O4S/c1-26(2)23-37-35(41)33(22-28-12-6-4-7-13-28)38(24-29-14-8-5-9-15-29)34(40)25-39(32-17-11-10-16-31(32)36)44(42,43)30-20-18-27(3)19-21-30/h4-21,26,33H,22-25H2,1-3H3,(H,37,41). The highest BCUT2D eigenvalue weighted by molar-refractivity contribution is 7.92. The van der Waals surface area contributed by atoms with E-state index >= 15 is 4.39 Å². The second-order valence-electron chi connectivity index (χ2n) is 11.1. The molecule has 4 rings (SSSR count). The molecule has 0 aliphatic heterocycles.